The van der Waals surface area contributed by atoms with Gasteiger partial charge in [-0.3, -0.25) is 4.79 Å². The second-order valence-electron chi connectivity index (χ2n) is 6.04. The molecule has 0 aliphatic carbocycles. The summed E-state index contributed by atoms with van der Waals surface area (Å²) in [6.07, 6.45) is -0.439. The van der Waals surface area contributed by atoms with Crippen molar-refractivity contribution < 1.29 is 14.6 Å². The van der Waals surface area contributed by atoms with Gasteiger partial charge in [0.25, 0.3) is 0 Å². The minimum Gasteiger partial charge on any atom is -0.497 e. The first-order chi connectivity index (χ1) is 13.1. The molecule has 0 bridgehead atoms. The fraction of sp³-hybridized carbons (Fsp3) is 0.250. The number of methoxy groups -OCH3 is 1. The fourth-order valence-electron chi connectivity index (χ4n) is 2.70. The summed E-state index contributed by atoms with van der Waals surface area (Å²) in [5.41, 5.74) is 1.52. The minimum atomic E-state index is -0.926. The molecule has 140 valence electrons. The Morgan fingerprint density at radius 2 is 1.89 bits per heavy atom. The Morgan fingerprint density at radius 1 is 1.19 bits per heavy atom. The molecule has 0 aliphatic heterocycles. The molecule has 1 amide bonds. The summed E-state index contributed by atoms with van der Waals surface area (Å²) < 4.78 is 6.88. The Kier molecular flexibility index (Phi) is 5.83. The number of aromatic nitrogens is 3. The van der Waals surface area contributed by atoms with Crippen LogP contribution in [0.3, 0.4) is 0 Å². The number of ether oxygens (including phenoxy) is 1. The zero-order chi connectivity index (χ0) is 19.2. The second-order valence-corrected chi connectivity index (χ2v) is 6.04. The van der Waals surface area contributed by atoms with Gasteiger partial charge in [-0.2, -0.15) is 0 Å². The van der Waals surface area contributed by atoms with Crippen molar-refractivity contribution in [3.63, 3.8) is 0 Å². The van der Waals surface area contributed by atoms with Gasteiger partial charge in [0.15, 0.2) is 5.82 Å². The van der Waals surface area contributed by atoms with Crippen LogP contribution >= 0.6 is 0 Å². The first-order valence-electron chi connectivity index (χ1n) is 8.66. The lowest BCUT2D eigenvalue weighted by Crippen LogP contribution is -2.23. The van der Waals surface area contributed by atoms with Crippen molar-refractivity contribution in [2.75, 3.05) is 13.7 Å². The number of amides is 1. The van der Waals surface area contributed by atoms with E-state index in [1.54, 1.807) is 11.8 Å². The molecule has 27 heavy (non-hydrogen) atoms. The van der Waals surface area contributed by atoms with Crippen molar-refractivity contribution in [3.05, 3.63) is 71.8 Å². The molecule has 7 nitrogen and oxygen atoms in total. The topological polar surface area (TPSA) is 89.3 Å². The van der Waals surface area contributed by atoms with Crippen LogP contribution in [0.4, 0.5) is 0 Å². The number of nitrogens with one attached hydrogen (secondary N) is 1. The molecular formula is C20H22N4O3. The number of rotatable bonds is 7. The molecule has 3 aromatic rings. The average Bonchev–Trinajstić information content (AvgIpc) is 3.12. The summed E-state index contributed by atoms with van der Waals surface area (Å²) in [6, 6.07) is 16.7. The summed E-state index contributed by atoms with van der Waals surface area (Å²) in [4.78, 5) is 15.7. The fourth-order valence-corrected chi connectivity index (χ4v) is 2.70. The van der Waals surface area contributed by atoms with Crippen molar-refractivity contribution in [3.8, 4) is 11.4 Å². The van der Waals surface area contributed by atoms with Gasteiger partial charge in [0.1, 0.15) is 17.7 Å². The lowest BCUT2D eigenvalue weighted by atomic mass is 10.1. The van der Waals surface area contributed by atoms with Gasteiger partial charge >= 0.3 is 0 Å². The van der Waals surface area contributed by atoms with Gasteiger partial charge in [-0.15, -0.1) is 5.10 Å². The van der Waals surface area contributed by atoms with Crippen LogP contribution in [0.25, 0.3) is 5.69 Å². The van der Waals surface area contributed by atoms with E-state index in [9.17, 15) is 9.90 Å². The van der Waals surface area contributed by atoms with E-state index >= 15 is 0 Å². The van der Waals surface area contributed by atoms with Crippen LogP contribution in [0, 0.1) is 0 Å². The number of aliphatic hydroxyl groups is 1. The number of nitrogens with zero attached hydrogens (tertiary/aromatic N) is 3. The Hall–Kier alpha value is -3.19. The van der Waals surface area contributed by atoms with Crippen LogP contribution in [0.15, 0.2) is 54.6 Å². The number of aliphatic hydroxyl groups excluding tert-OH is 1. The number of benzene rings is 2. The number of carbonyl (C=O) groups excluding carboxylic acids is 1. The highest BCUT2D eigenvalue weighted by atomic mass is 16.5. The summed E-state index contributed by atoms with van der Waals surface area (Å²) in [6.45, 7) is 1.91. The van der Waals surface area contributed by atoms with Crippen LogP contribution in [0.2, 0.25) is 0 Å². The maximum Gasteiger partial charge on any atom is 0.216 e. The Labute approximate surface area is 157 Å². The molecule has 0 unspecified atom stereocenters. The Balaban J connectivity index is 1.93. The standard InChI is InChI=1S/C20H22N4O3/c1-14(25)21-13-12-18-22-20(19(26)15-6-4-3-5-7-15)23-24(18)16-8-10-17(27-2)11-9-16/h3-11,19,26H,12-13H2,1-2H3,(H,21,25)/t19-/m1/s1. The van der Waals surface area contributed by atoms with Crippen LogP contribution in [0.1, 0.15) is 30.2 Å². The lowest BCUT2D eigenvalue weighted by Gasteiger charge is -2.07. The molecular weight excluding hydrogens is 344 g/mol. The normalized spacial score (nSPS) is 11.8. The van der Waals surface area contributed by atoms with E-state index < -0.39 is 6.10 Å². The number of carbonyl (C=O) groups is 1. The van der Waals surface area contributed by atoms with Gasteiger partial charge in [0, 0.05) is 19.9 Å². The van der Waals surface area contributed by atoms with Crippen molar-refractivity contribution in [2.45, 2.75) is 19.4 Å². The number of hydrogen-bond acceptors (Lipinski definition) is 5. The molecule has 1 atom stereocenters. The lowest BCUT2D eigenvalue weighted by molar-refractivity contribution is -0.118. The van der Waals surface area contributed by atoms with Gasteiger partial charge in [0.2, 0.25) is 5.91 Å². The summed E-state index contributed by atoms with van der Waals surface area (Å²) >= 11 is 0. The first kappa shape index (κ1) is 18.6. The molecule has 1 heterocycles. The van der Waals surface area contributed by atoms with E-state index in [0.717, 1.165) is 17.0 Å². The minimum absolute atomic E-state index is 0.102. The van der Waals surface area contributed by atoms with Crippen LogP contribution < -0.4 is 10.1 Å². The smallest absolute Gasteiger partial charge is 0.216 e. The van der Waals surface area contributed by atoms with Crippen LogP contribution in [-0.4, -0.2) is 39.4 Å². The zero-order valence-corrected chi connectivity index (χ0v) is 15.3. The second kappa shape index (κ2) is 8.46. The summed E-state index contributed by atoms with van der Waals surface area (Å²) in [7, 11) is 1.61. The third-order valence-corrected chi connectivity index (χ3v) is 4.09. The van der Waals surface area contributed by atoms with E-state index in [0.29, 0.717) is 24.6 Å². The van der Waals surface area contributed by atoms with Crippen LogP contribution in [0.5, 0.6) is 5.75 Å². The predicted octanol–water partition coefficient (Wildman–Crippen LogP) is 2.04. The van der Waals surface area contributed by atoms with E-state index in [4.69, 9.17) is 4.74 Å². The van der Waals surface area contributed by atoms with Gasteiger partial charge < -0.3 is 15.2 Å². The average molecular weight is 366 g/mol. The highest BCUT2D eigenvalue weighted by Gasteiger charge is 2.19. The molecule has 0 fully saturated rings. The molecule has 7 heteroatoms. The Morgan fingerprint density at radius 3 is 2.52 bits per heavy atom. The van der Waals surface area contributed by atoms with Crippen molar-refractivity contribution in [1.29, 1.82) is 0 Å². The molecule has 0 aliphatic rings. The molecule has 0 saturated heterocycles. The van der Waals surface area contributed by atoms with Gasteiger partial charge in [0.05, 0.1) is 12.8 Å². The van der Waals surface area contributed by atoms with Crippen molar-refractivity contribution in [2.24, 2.45) is 0 Å². The van der Waals surface area contributed by atoms with Crippen LogP contribution in [-0.2, 0) is 11.2 Å². The summed E-state index contributed by atoms with van der Waals surface area (Å²) in [5, 5.41) is 17.9. The highest BCUT2D eigenvalue weighted by molar-refractivity contribution is 5.72. The van der Waals surface area contributed by atoms with Gasteiger partial charge in [-0.25, -0.2) is 9.67 Å². The highest BCUT2D eigenvalue weighted by Crippen LogP contribution is 2.22. The number of hydrogen-bond donors (Lipinski definition) is 2. The molecule has 2 N–H and O–H groups in total. The van der Waals surface area contributed by atoms with Crippen molar-refractivity contribution >= 4 is 5.91 Å². The van der Waals surface area contributed by atoms with E-state index in [-0.39, 0.29) is 5.91 Å². The SMILES string of the molecule is COc1ccc(-n2nc([C@H](O)c3ccccc3)nc2CCNC(C)=O)cc1. The molecule has 3 rings (SSSR count). The molecule has 2 aromatic carbocycles. The monoisotopic (exact) mass is 366 g/mol. The van der Waals surface area contributed by atoms with E-state index in [1.807, 2.05) is 54.6 Å². The Bertz CT molecular complexity index is 891. The van der Waals surface area contributed by atoms with E-state index in [1.165, 1.54) is 6.92 Å². The zero-order valence-electron chi connectivity index (χ0n) is 15.3. The van der Waals surface area contributed by atoms with Crippen molar-refractivity contribution in [1.82, 2.24) is 20.1 Å². The predicted molar refractivity (Wildman–Crippen MR) is 101 cm³/mol. The summed E-state index contributed by atoms with van der Waals surface area (Å²) in [5.74, 6) is 1.60. The molecule has 0 spiro atoms. The molecule has 1 aromatic heterocycles. The maximum absolute atomic E-state index is 11.2. The molecule has 0 radical (unpaired) electrons. The largest absolute Gasteiger partial charge is 0.497 e. The maximum atomic E-state index is 11.2. The third kappa shape index (κ3) is 4.51. The third-order valence-electron chi connectivity index (χ3n) is 4.09. The van der Waals surface area contributed by atoms with Gasteiger partial charge in [-0.1, -0.05) is 30.3 Å². The van der Waals surface area contributed by atoms with Gasteiger partial charge in [-0.05, 0) is 29.8 Å². The molecule has 0 saturated carbocycles. The van der Waals surface area contributed by atoms with E-state index in [2.05, 4.69) is 15.4 Å². The first-order valence-corrected chi connectivity index (χ1v) is 8.66. The quantitative estimate of drug-likeness (QED) is 0.668.